The van der Waals surface area contributed by atoms with E-state index in [0.717, 1.165) is 37.1 Å². The predicted molar refractivity (Wildman–Crippen MR) is 92.2 cm³/mol. The molecule has 0 spiro atoms. The highest BCUT2D eigenvalue weighted by Gasteiger charge is 2.15. The van der Waals surface area contributed by atoms with Crippen LogP contribution in [0.5, 0.6) is 5.75 Å². The molecule has 0 saturated carbocycles. The lowest BCUT2D eigenvalue weighted by Crippen LogP contribution is -2.13. The van der Waals surface area contributed by atoms with Gasteiger partial charge in [0.05, 0.1) is 6.61 Å². The summed E-state index contributed by atoms with van der Waals surface area (Å²) in [4.78, 5) is 0. The van der Waals surface area contributed by atoms with Crippen molar-refractivity contribution >= 4 is 23.2 Å². The Hall–Kier alpha value is -1.29. The topological polar surface area (TPSA) is 61.3 Å². The van der Waals surface area contributed by atoms with Gasteiger partial charge in [-0.3, -0.25) is 0 Å². The Balaban J connectivity index is 0.00000220. The summed E-state index contributed by atoms with van der Waals surface area (Å²) in [5, 5.41) is 2.40. The molecule has 0 fully saturated rings. The number of rotatable bonds is 7. The maximum Gasteiger partial charge on any atom is 0.124 e. The van der Waals surface area contributed by atoms with Crippen molar-refractivity contribution in [3.8, 4) is 5.75 Å². The first-order valence-electron chi connectivity index (χ1n) is 7.38. The summed E-state index contributed by atoms with van der Waals surface area (Å²) in [6.07, 6.45) is 3.00. The van der Waals surface area contributed by atoms with E-state index in [2.05, 4.69) is 18.2 Å². The van der Waals surface area contributed by atoms with Crippen LogP contribution in [0.1, 0.15) is 37.8 Å². The highest BCUT2D eigenvalue weighted by molar-refractivity contribution is 5.88. The third-order valence-corrected chi connectivity index (χ3v) is 3.57. The van der Waals surface area contributed by atoms with Gasteiger partial charge in [0.1, 0.15) is 5.75 Å². The monoisotopic (exact) mass is 308 g/mol. The second-order valence-electron chi connectivity index (χ2n) is 5.02. The Labute approximate surface area is 133 Å². The maximum atomic E-state index is 6.41. The van der Waals surface area contributed by atoms with Crippen molar-refractivity contribution < 1.29 is 4.74 Å². The van der Waals surface area contributed by atoms with Crippen LogP contribution in [0.2, 0.25) is 0 Å². The van der Waals surface area contributed by atoms with Crippen molar-refractivity contribution in [1.29, 1.82) is 0 Å². The average molecular weight is 309 g/mol. The molecule has 0 heterocycles. The maximum absolute atomic E-state index is 6.41. The van der Waals surface area contributed by atoms with Gasteiger partial charge in [0.15, 0.2) is 0 Å². The molecule has 0 aliphatic heterocycles. The van der Waals surface area contributed by atoms with E-state index in [1.807, 2.05) is 25.1 Å². The zero-order chi connectivity index (χ0) is 14.4. The molecule has 0 aromatic heterocycles. The predicted octanol–water partition coefficient (Wildman–Crippen LogP) is 3.79. The molecule has 0 saturated heterocycles. The molecule has 4 N–H and O–H groups in total. The zero-order valence-electron chi connectivity index (χ0n) is 12.5. The second-order valence-corrected chi connectivity index (χ2v) is 5.02. The smallest absolute Gasteiger partial charge is 0.124 e. The van der Waals surface area contributed by atoms with E-state index >= 15 is 0 Å². The van der Waals surface area contributed by atoms with Crippen LogP contribution in [0.3, 0.4) is 0 Å². The van der Waals surface area contributed by atoms with Gasteiger partial charge in [-0.15, -0.1) is 12.4 Å². The number of hydrogen-bond donors (Lipinski definition) is 2. The summed E-state index contributed by atoms with van der Waals surface area (Å²) >= 11 is 0. The van der Waals surface area contributed by atoms with Gasteiger partial charge in [-0.25, -0.2) is 0 Å². The van der Waals surface area contributed by atoms with Crippen molar-refractivity contribution in [3.63, 3.8) is 0 Å². The normalized spacial score (nSPS) is 12.0. The summed E-state index contributed by atoms with van der Waals surface area (Å²) in [5.74, 6) is 0.909. The largest absolute Gasteiger partial charge is 0.494 e. The Morgan fingerprint density at radius 2 is 1.86 bits per heavy atom. The zero-order valence-corrected chi connectivity index (χ0v) is 13.4. The number of unbranched alkanes of at least 4 members (excludes halogenated alkanes) is 1. The van der Waals surface area contributed by atoms with Crippen LogP contribution in [0.25, 0.3) is 10.8 Å². The lowest BCUT2D eigenvalue weighted by atomic mass is 9.95. The minimum Gasteiger partial charge on any atom is -0.494 e. The van der Waals surface area contributed by atoms with Gasteiger partial charge in [0.25, 0.3) is 0 Å². The highest BCUT2D eigenvalue weighted by Crippen LogP contribution is 2.34. The van der Waals surface area contributed by atoms with Crippen LogP contribution in [0.4, 0.5) is 0 Å². The van der Waals surface area contributed by atoms with Crippen molar-refractivity contribution in [2.75, 3.05) is 13.2 Å². The Morgan fingerprint density at radius 1 is 1.10 bits per heavy atom. The van der Waals surface area contributed by atoms with Crippen molar-refractivity contribution in [1.82, 2.24) is 0 Å². The molecule has 1 atom stereocenters. The van der Waals surface area contributed by atoms with Crippen LogP contribution in [-0.2, 0) is 0 Å². The molecular weight excluding hydrogens is 284 g/mol. The molecule has 0 amide bonds. The van der Waals surface area contributed by atoms with Gasteiger partial charge in [0.2, 0.25) is 0 Å². The molecule has 4 heteroatoms. The van der Waals surface area contributed by atoms with Crippen molar-refractivity contribution in [2.24, 2.45) is 11.5 Å². The third-order valence-electron chi connectivity index (χ3n) is 3.57. The molecule has 2 aromatic rings. The van der Waals surface area contributed by atoms with Crippen LogP contribution in [0, 0.1) is 0 Å². The van der Waals surface area contributed by atoms with Crippen LogP contribution in [-0.4, -0.2) is 13.2 Å². The van der Waals surface area contributed by atoms with Crippen LogP contribution in [0.15, 0.2) is 36.4 Å². The first-order chi connectivity index (χ1) is 9.77. The van der Waals surface area contributed by atoms with Gasteiger partial charge < -0.3 is 16.2 Å². The Morgan fingerprint density at radius 3 is 2.57 bits per heavy atom. The van der Waals surface area contributed by atoms with E-state index in [9.17, 15) is 0 Å². The molecule has 0 unspecified atom stereocenters. The van der Waals surface area contributed by atoms with Crippen LogP contribution < -0.4 is 16.2 Å². The number of nitrogens with two attached hydrogens (primary N) is 2. The van der Waals surface area contributed by atoms with E-state index in [4.69, 9.17) is 16.2 Å². The minimum atomic E-state index is -0.00537. The summed E-state index contributed by atoms with van der Waals surface area (Å²) in [6, 6.07) is 12.5. The van der Waals surface area contributed by atoms with E-state index in [-0.39, 0.29) is 18.4 Å². The molecule has 3 nitrogen and oxygen atoms in total. The van der Waals surface area contributed by atoms with Crippen molar-refractivity contribution in [3.05, 3.63) is 42.0 Å². The number of benzene rings is 2. The van der Waals surface area contributed by atoms with Gasteiger partial charge in [-0.2, -0.15) is 0 Å². The minimum absolute atomic E-state index is 0. The van der Waals surface area contributed by atoms with E-state index in [1.54, 1.807) is 0 Å². The molecular formula is C17H25ClN2O. The van der Waals surface area contributed by atoms with Gasteiger partial charge >= 0.3 is 0 Å². The Bertz CT molecular complexity index is 559. The number of hydrogen-bond acceptors (Lipinski definition) is 3. The standard InChI is InChI=1S/C17H24N2O.ClH/c1-2-20-16-11-10-13-7-3-4-8-14(13)17(16)15(19)9-5-6-12-18;/h3-4,7-8,10-11,15H,2,5-6,9,12,18-19H2,1H3;1H/t15-;/m1./s1. The SMILES string of the molecule is CCOc1ccc2ccccc2c1[C@H](N)CCCCN.Cl. The molecule has 2 rings (SSSR count). The molecule has 2 aromatic carbocycles. The third kappa shape index (κ3) is 4.34. The first-order valence-corrected chi connectivity index (χ1v) is 7.38. The second kappa shape index (κ2) is 8.88. The average Bonchev–Trinajstić information content (AvgIpc) is 2.47. The lowest BCUT2D eigenvalue weighted by molar-refractivity contribution is 0.334. The molecule has 0 aliphatic rings. The van der Waals surface area contributed by atoms with Crippen molar-refractivity contribution in [2.45, 2.75) is 32.2 Å². The van der Waals surface area contributed by atoms with E-state index < -0.39 is 0 Å². The molecule has 0 aliphatic carbocycles. The number of fused-ring (bicyclic) bond motifs is 1. The number of halogens is 1. The van der Waals surface area contributed by atoms with Crippen LogP contribution >= 0.6 is 12.4 Å². The van der Waals surface area contributed by atoms with Gasteiger partial charge in [0, 0.05) is 11.6 Å². The quantitative estimate of drug-likeness (QED) is 0.765. The van der Waals surface area contributed by atoms with Gasteiger partial charge in [-0.1, -0.05) is 36.8 Å². The van der Waals surface area contributed by atoms with E-state index in [1.165, 1.54) is 10.8 Å². The molecule has 0 radical (unpaired) electrons. The first kappa shape index (κ1) is 17.8. The molecule has 116 valence electrons. The summed E-state index contributed by atoms with van der Waals surface area (Å²) in [6.45, 7) is 3.38. The Kier molecular flexibility index (Phi) is 7.51. The van der Waals surface area contributed by atoms with E-state index in [0.29, 0.717) is 6.61 Å². The fraction of sp³-hybridized carbons (Fsp3) is 0.412. The molecule has 0 bridgehead atoms. The fourth-order valence-electron chi connectivity index (χ4n) is 2.59. The summed E-state index contributed by atoms with van der Waals surface area (Å²) in [7, 11) is 0. The fourth-order valence-corrected chi connectivity index (χ4v) is 2.59. The molecule has 21 heavy (non-hydrogen) atoms. The summed E-state index contributed by atoms with van der Waals surface area (Å²) < 4.78 is 5.77. The number of ether oxygens (including phenoxy) is 1. The summed E-state index contributed by atoms with van der Waals surface area (Å²) in [5.41, 5.74) is 13.1. The van der Waals surface area contributed by atoms with Gasteiger partial charge in [-0.05, 0) is 43.1 Å². The highest BCUT2D eigenvalue weighted by atomic mass is 35.5. The lowest BCUT2D eigenvalue weighted by Gasteiger charge is -2.19.